The first-order valence-corrected chi connectivity index (χ1v) is 10.6. The Labute approximate surface area is 166 Å². The predicted octanol–water partition coefficient (Wildman–Crippen LogP) is 2.86. The van der Waals surface area contributed by atoms with Crippen molar-refractivity contribution in [3.05, 3.63) is 35.4 Å². The molecule has 152 valence electrons. The molecule has 0 radical (unpaired) electrons. The number of nitrogens with zero attached hydrogens (tertiary/aromatic N) is 3. The zero-order valence-corrected chi connectivity index (χ0v) is 17.8. The van der Waals surface area contributed by atoms with Crippen LogP contribution >= 0.6 is 0 Å². The van der Waals surface area contributed by atoms with Crippen LogP contribution in [0.25, 0.3) is 0 Å². The summed E-state index contributed by atoms with van der Waals surface area (Å²) in [5, 5.41) is 7.10. The summed E-state index contributed by atoms with van der Waals surface area (Å²) in [4.78, 5) is 9.45. The molecule has 0 saturated carbocycles. The van der Waals surface area contributed by atoms with Crippen molar-refractivity contribution in [1.29, 1.82) is 0 Å². The molecule has 2 rings (SSSR count). The molecular weight excluding hydrogens is 334 g/mol. The number of rotatable bonds is 9. The number of hydrogen-bond acceptors (Lipinski definition) is 3. The minimum absolute atomic E-state index is 0.517. The second kappa shape index (κ2) is 12.0. The summed E-state index contributed by atoms with van der Waals surface area (Å²) < 4.78 is 0. The highest BCUT2D eigenvalue weighted by Gasteiger charge is 2.20. The van der Waals surface area contributed by atoms with Crippen LogP contribution in [-0.2, 0) is 6.54 Å². The molecule has 0 spiro atoms. The van der Waals surface area contributed by atoms with E-state index in [0.717, 1.165) is 45.2 Å². The highest BCUT2D eigenvalue weighted by atomic mass is 15.2. The third-order valence-electron chi connectivity index (χ3n) is 5.35. The minimum atomic E-state index is 0.517. The van der Waals surface area contributed by atoms with Gasteiger partial charge in [-0.25, -0.2) is 0 Å². The standard InChI is InChI=1S/C22H39N5/c1-5-13-26(6-2)16-12-24-22(23-4)25-21-10-14-27(15-11-21)18-20-9-7-8-19(3)17-20/h7-9,17,21H,5-6,10-16,18H2,1-4H3,(H2,23,24,25). The molecule has 0 aliphatic carbocycles. The summed E-state index contributed by atoms with van der Waals surface area (Å²) in [5.74, 6) is 0.944. The Kier molecular flexibility index (Phi) is 9.64. The van der Waals surface area contributed by atoms with Gasteiger partial charge in [-0.3, -0.25) is 9.89 Å². The van der Waals surface area contributed by atoms with E-state index in [2.05, 4.69) is 70.5 Å². The lowest BCUT2D eigenvalue weighted by Crippen LogP contribution is -2.49. The number of aliphatic imine (C=N–C) groups is 1. The lowest BCUT2D eigenvalue weighted by atomic mass is 10.0. The summed E-state index contributed by atoms with van der Waals surface area (Å²) in [5.41, 5.74) is 2.77. The van der Waals surface area contributed by atoms with Crippen LogP contribution in [-0.4, -0.2) is 68.1 Å². The molecular formula is C22H39N5. The van der Waals surface area contributed by atoms with Gasteiger partial charge in [0, 0.05) is 45.8 Å². The lowest BCUT2D eigenvalue weighted by molar-refractivity contribution is 0.198. The first-order valence-electron chi connectivity index (χ1n) is 10.6. The highest BCUT2D eigenvalue weighted by Crippen LogP contribution is 2.14. The van der Waals surface area contributed by atoms with Crippen LogP contribution in [0, 0.1) is 6.92 Å². The monoisotopic (exact) mass is 373 g/mol. The largest absolute Gasteiger partial charge is 0.355 e. The Hall–Kier alpha value is -1.59. The molecule has 27 heavy (non-hydrogen) atoms. The maximum absolute atomic E-state index is 4.41. The van der Waals surface area contributed by atoms with Crippen molar-refractivity contribution in [3.63, 3.8) is 0 Å². The zero-order chi connectivity index (χ0) is 19.5. The fourth-order valence-electron chi connectivity index (χ4n) is 3.77. The van der Waals surface area contributed by atoms with Crippen LogP contribution in [0.1, 0.15) is 44.2 Å². The predicted molar refractivity (Wildman–Crippen MR) is 116 cm³/mol. The van der Waals surface area contributed by atoms with Gasteiger partial charge in [0.2, 0.25) is 0 Å². The van der Waals surface area contributed by atoms with E-state index in [0.29, 0.717) is 6.04 Å². The van der Waals surface area contributed by atoms with Crippen LogP contribution in [0.5, 0.6) is 0 Å². The van der Waals surface area contributed by atoms with Crippen molar-refractivity contribution >= 4 is 5.96 Å². The van der Waals surface area contributed by atoms with E-state index in [1.165, 1.54) is 36.9 Å². The molecule has 1 aromatic carbocycles. The molecule has 1 aliphatic rings. The molecule has 1 aromatic rings. The number of aryl methyl sites for hydroxylation is 1. The van der Waals surface area contributed by atoms with Crippen molar-refractivity contribution < 1.29 is 0 Å². The summed E-state index contributed by atoms with van der Waals surface area (Å²) in [6.07, 6.45) is 3.55. The van der Waals surface area contributed by atoms with Gasteiger partial charge in [-0.15, -0.1) is 0 Å². The molecule has 1 saturated heterocycles. The van der Waals surface area contributed by atoms with E-state index < -0.39 is 0 Å². The number of benzene rings is 1. The van der Waals surface area contributed by atoms with Gasteiger partial charge in [0.05, 0.1) is 0 Å². The van der Waals surface area contributed by atoms with Crippen molar-refractivity contribution in [2.45, 2.75) is 52.6 Å². The first-order chi connectivity index (χ1) is 13.1. The second-order valence-electron chi connectivity index (χ2n) is 7.62. The van der Waals surface area contributed by atoms with Crippen LogP contribution < -0.4 is 10.6 Å². The average molecular weight is 374 g/mol. The molecule has 1 aliphatic heterocycles. The number of nitrogens with one attached hydrogen (secondary N) is 2. The third kappa shape index (κ3) is 7.89. The molecule has 5 heteroatoms. The average Bonchev–Trinajstić information content (AvgIpc) is 2.68. The van der Waals surface area contributed by atoms with Gasteiger partial charge in [-0.2, -0.15) is 0 Å². The van der Waals surface area contributed by atoms with Gasteiger partial charge in [-0.1, -0.05) is 43.7 Å². The van der Waals surface area contributed by atoms with Gasteiger partial charge in [0.15, 0.2) is 5.96 Å². The van der Waals surface area contributed by atoms with E-state index in [9.17, 15) is 0 Å². The molecule has 0 amide bonds. The fraction of sp³-hybridized carbons (Fsp3) is 0.682. The van der Waals surface area contributed by atoms with Crippen LogP contribution in [0.15, 0.2) is 29.3 Å². The smallest absolute Gasteiger partial charge is 0.191 e. The van der Waals surface area contributed by atoms with Crippen molar-refractivity contribution in [3.8, 4) is 0 Å². The molecule has 1 fully saturated rings. The third-order valence-corrected chi connectivity index (χ3v) is 5.35. The lowest BCUT2D eigenvalue weighted by Gasteiger charge is -2.33. The van der Waals surface area contributed by atoms with Gasteiger partial charge in [0.25, 0.3) is 0 Å². The van der Waals surface area contributed by atoms with Crippen LogP contribution in [0.2, 0.25) is 0 Å². The molecule has 0 bridgehead atoms. The van der Waals surface area contributed by atoms with E-state index >= 15 is 0 Å². The summed E-state index contributed by atoms with van der Waals surface area (Å²) in [6, 6.07) is 9.38. The number of guanidine groups is 1. The number of likely N-dealkylation sites (N-methyl/N-ethyl adjacent to an activating group) is 1. The fourth-order valence-corrected chi connectivity index (χ4v) is 3.77. The normalized spacial score (nSPS) is 16.7. The zero-order valence-electron chi connectivity index (χ0n) is 17.8. The van der Waals surface area contributed by atoms with Gasteiger partial charge >= 0.3 is 0 Å². The number of piperidine rings is 1. The van der Waals surface area contributed by atoms with Gasteiger partial charge in [-0.05, 0) is 44.8 Å². The number of likely N-dealkylation sites (tertiary alicyclic amines) is 1. The minimum Gasteiger partial charge on any atom is -0.355 e. The Morgan fingerprint density at radius 3 is 2.63 bits per heavy atom. The molecule has 0 aromatic heterocycles. The van der Waals surface area contributed by atoms with E-state index in [-0.39, 0.29) is 0 Å². The van der Waals surface area contributed by atoms with Crippen molar-refractivity contribution in [1.82, 2.24) is 20.4 Å². The molecule has 0 atom stereocenters. The van der Waals surface area contributed by atoms with Crippen molar-refractivity contribution in [2.24, 2.45) is 4.99 Å². The maximum Gasteiger partial charge on any atom is 0.191 e. The summed E-state index contributed by atoms with van der Waals surface area (Å²) in [6.45, 7) is 14.3. The highest BCUT2D eigenvalue weighted by molar-refractivity contribution is 5.79. The molecule has 5 nitrogen and oxygen atoms in total. The summed E-state index contributed by atoms with van der Waals surface area (Å²) >= 11 is 0. The van der Waals surface area contributed by atoms with E-state index in [1.807, 2.05) is 7.05 Å². The maximum atomic E-state index is 4.41. The Morgan fingerprint density at radius 1 is 1.22 bits per heavy atom. The molecule has 1 heterocycles. The SMILES string of the molecule is CCCN(CC)CCNC(=NC)NC1CCN(Cc2cccc(C)c2)CC1. The van der Waals surface area contributed by atoms with Crippen LogP contribution in [0.4, 0.5) is 0 Å². The van der Waals surface area contributed by atoms with Gasteiger partial charge < -0.3 is 15.5 Å². The Balaban J connectivity index is 1.68. The second-order valence-corrected chi connectivity index (χ2v) is 7.62. The topological polar surface area (TPSA) is 42.9 Å². The van der Waals surface area contributed by atoms with E-state index in [1.54, 1.807) is 0 Å². The van der Waals surface area contributed by atoms with Gasteiger partial charge in [0.1, 0.15) is 0 Å². The summed E-state index contributed by atoms with van der Waals surface area (Å²) in [7, 11) is 1.87. The quantitative estimate of drug-likeness (QED) is 0.516. The molecule has 2 N–H and O–H groups in total. The van der Waals surface area contributed by atoms with Crippen molar-refractivity contribution in [2.75, 3.05) is 46.3 Å². The first kappa shape index (κ1) is 21.7. The molecule has 0 unspecified atom stereocenters. The Morgan fingerprint density at radius 2 is 2.00 bits per heavy atom. The van der Waals surface area contributed by atoms with E-state index in [4.69, 9.17) is 0 Å². The Bertz CT molecular complexity index is 564. The number of hydrogen-bond donors (Lipinski definition) is 2. The van der Waals surface area contributed by atoms with Crippen LogP contribution in [0.3, 0.4) is 0 Å².